The maximum Gasteiger partial charge on any atom is 0.226 e. The second-order valence-electron chi connectivity index (χ2n) is 7.92. The Morgan fingerprint density at radius 3 is 2.52 bits per heavy atom. The minimum absolute atomic E-state index is 0.448. The summed E-state index contributed by atoms with van der Waals surface area (Å²) in [5.41, 5.74) is 6.34. The molecule has 1 atom stereocenters. The quantitative estimate of drug-likeness (QED) is 0.863. The van der Waals surface area contributed by atoms with Gasteiger partial charge < -0.3 is 10.3 Å². The molecule has 4 nitrogen and oxygen atoms in total. The molecular formula is C17H31N3O. The Morgan fingerprint density at radius 2 is 1.95 bits per heavy atom. The molecule has 1 saturated carbocycles. The summed E-state index contributed by atoms with van der Waals surface area (Å²) >= 11 is 0. The Morgan fingerprint density at radius 1 is 1.29 bits per heavy atom. The van der Waals surface area contributed by atoms with E-state index in [1.165, 1.54) is 25.7 Å². The summed E-state index contributed by atoms with van der Waals surface area (Å²) < 4.78 is 5.47. The van der Waals surface area contributed by atoms with Crippen LogP contribution in [-0.4, -0.2) is 16.7 Å². The van der Waals surface area contributed by atoms with Gasteiger partial charge in [0, 0.05) is 12.3 Å². The van der Waals surface area contributed by atoms with E-state index in [-0.39, 0.29) is 0 Å². The first kappa shape index (κ1) is 16.5. The lowest BCUT2D eigenvalue weighted by Gasteiger charge is -2.32. The van der Waals surface area contributed by atoms with Gasteiger partial charge in [-0.25, -0.2) is 0 Å². The maximum atomic E-state index is 5.86. The van der Waals surface area contributed by atoms with E-state index in [1.807, 2.05) is 0 Å². The van der Waals surface area contributed by atoms with E-state index in [2.05, 4.69) is 37.8 Å². The highest BCUT2D eigenvalue weighted by Crippen LogP contribution is 2.41. The van der Waals surface area contributed by atoms with Gasteiger partial charge in [0.1, 0.15) is 0 Å². The summed E-state index contributed by atoms with van der Waals surface area (Å²) in [4.78, 5) is 4.64. The first-order valence-corrected chi connectivity index (χ1v) is 8.42. The highest BCUT2D eigenvalue weighted by Gasteiger charge is 2.30. The van der Waals surface area contributed by atoms with Crippen molar-refractivity contribution in [3.8, 4) is 0 Å². The zero-order valence-corrected chi connectivity index (χ0v) is 14.1. The predicted octanol–water partition coefficient (Wildman–Crippen LogP) is 3.92. The van der Waals surface area contributed by atoms with Crippen molar-refractivity contribution in [2.24, 2.45) is 23.0 Å². The Bertz CT molecular complexity index is 429. The van der Waals surface area contributed by atoms with Crippen molar-refractivity contribution < 1.29 is 4.52 Å². The van der Waals surface area contributed by atoms with Crippen LogP contribution in [0.1, 0.15) is 77.4 Å². The van der Waals surface area contributed by atoms with Gasteiger partial charge >= 0.3 is 0 Å². The zero-order valence-electron chi connectivity index (χ0n) is 14.1. The summed E-state index contributed by atoms with van der Waals surface area (Å²) in [6.07, 6.45) is 6.79. The molecule has 1 aliphatic rings. The molecule has 0 bridgehead atoms. The van der Waals surface area contributed by atoms with Gasteiger partial charge in [0.15, 0.2) is 5.82 Å². The van der Waals surface area contributed by atoms with Crippen molar-refractivity contribution in [3.63, 3.8) is 0 Å². The third-order valence-electron chi connectivity index (χ3n) is 4.79. The van der Waals surface area contributed by atoms with Crippen molar-refractivity contribution in [3.05, 3.63) is 11.7 Å². The molecule has 2 rings (SSSR count). The lowest BCUT2D eigenvalue weighted by molar-refractivity contribution is 0.218. The third kappa shape index (κ3) is 4.80. The molecule has 1 fully saturated rings. The van der Waals surface area contributed by atoms with E-state index in [0.29, 0.717) is 29.7 Å². The van der Waals surface area contributed by atoms with Crippen LogP contribution in [0.15, 0.2) is 4.52 Å². The van der Waals surface area contributed by atoms with Crippen LogP contribution in [0, 0.1) is 17.3 Å². The monoisotopic (exact) mass is 293 g/mol. The number of aromatic nitrogens is 2. The molecule has 21 heavy (non-hydrogen) atoms. The van der Waals surface area contributed by atoms with Crippen LogP contribution < -0.4 is 5.73 Å². The van der Waals surface area contributed by atoms with Gasteiger partial charge in [-0.15, -0.1) is 0 Å². The van der Waals surface area contributed by atoms with Gasteiger partial charge in [-0.2, -0.15) is 4.98 Å². The minimum Gasteiger partial charge on any atom is -0.339 e. The fourth-order valence-electron chi connectivity index (χ4n) is 3.35. The van der Waals surface area contributed by atoms with Crippen LogP contribution in [0.4, 0.5) is 0 Å². The average molecular weight is 293 g/mol. The molecule has 0 unspecified atom stereocenters. The summed E-state index contributed by atoms with van der Waals surface area (Å²) in [6, 6.07) is 0. The average Bonchev–Trinajstić information content (AvgIpc) is 2.86. The molecule has 0 aromatic carbocycles. The fraction of sp³-hybridized carbons (Fsp3) is 0.882. The van der Waals surface area contributed by atoms with Crippen LogP contribution in [0.3, 0.4) is 0 Å². The highest BCUT2D eigenvalue weighted by molar-refractivity contribution is 4.99. The molecule has 0 radical (unpaired) electrons. The van der Waals surface area contributed by atoms with Gasteiger partial charge in [-0.3, -0.25) is 0 Å². The van der Waals surface area contributed by atoms with E-state index in [1.54, 1.807) is 0 Å². The molecule has 0 aliphatic heterocycles. The topological polar surface area (TPSA) is 64.9 Å². The van der Waals surface area contributed by atoms with E-state index < -0.39 is 0 Å². The van der Waals surface area contributed by atoms with Crippen molar-refractivity contribution in [1.82, 2.24) is 10.1 Å². The van der Waals surface area contributed by atoms with Crippen molar-refractivity contribution in [1.29, 1.82) is 0 Å². The molecule has 120 valence electrons. The standard InChI is InChI=1S/C17H31N3O/c1-12(2)9-13(11-18)10-15-19-16(20-21-15)14-5-7-17(3,4)8-6-14/h12-14H,5-11,18H2,1-4H3/t13-/m0/s1. The molecule has 0 spiro atoms. The van der Waals surface area contributed by atoms with Crippen LogP contribution in [-0.2, 0) is 6.42 Å². The molecular weight excluding hydrogens is 262 g/mol. The summed E-state index contributed by atoms with van der Waals surface area (Å²) in [6.45, 7) is 9.84. The second-order valence-corrected chi connectivity index (χ2v) is 7.92. The van der Waals surface area contributed by atoms with E-state index >= 15 is 0 Å². The van der Waals surface area contributed by atoms with Crippen molar-refractivity contribution in [2.75, 3.05) is 6.54 Å². The SMILES string of the molecule is CC(C)C[C@H](CN)Cc1nc(C2CCC(C)(C)CC2)no1. The van der Waals surface area contributed by atoms with Crippen LogP contribution in [0.25, 0.3) is 0 Å². The van der Waals surface area contributed by atoms with E-state index in [0.717, 1.165) is 24.6 Å². The molecule has 0 saturated heterocycles. The smallest absolute Gasteiger partial charge is 0.226 e. The van der Waals surface area contributed by atoms with Gasteiger partial charge in [-0.05, 0) is 55.9 Å². The Kier molecular flexibility index (Phi) is 5.42. The fourth-order valence-corrected chi connectivity index (χ4v) is 3.35. The number of hydrogen-bond donors (Lipinski definition) is 1. The molecule has 1 heterocycles. The summed E-state index contributed by atoms with van der Waals surface area (Å²) in [5.74, 6) is 3.27. The second kappa shape index (κ2) is 6.91. The number of rotatable bonds is 6. The summed E-state index contributed by atoms with van der Waals surface area (Å²) in [7, 11) is 0. The first-order chi connectivity index (χ1) is 9.89. The molecule has 4 heteroatoms. The summed E-state index contributed by atoms with van der Waals surface area (Å²) in [5, 5.41) is 4.23. The Balaban J connectivity index is 1.92. The normalized spacial score (nSPS) is 20.9. The van der Waals surface area contributed by atoms with E-state index in [9.17, 15) is 0 Å². The first-order valence-electron chi connectivity index (χ1n) is 8.42. The van der Waals surface area contributed by atoms with Crippen LogP contribution in [0.5, 0.6) is 0 Å². The van der Waals surface area contributed by atoms with Crippen LogP contribution in [0.2, 0.25) is 0 Å². The predicted molar refractivity (Wildman–Crippen MR) is 85.0 cm³/mol. The van der Waals surface area contributed by atoms with Crippen LogP contribution >= 0.6 is 0 Å². The third-order valence-corrected chi connectivity index (χ3v) is 4.79. The zero-order chi connectivity index (χ0) is 15.5. The maximum absolute atomic E-state index is 5.86. The molecule has 1 aromatic heterocycles. The molecule has 2 N–H and O–H groups in total. The Hall–Kier alpha value is -0.900. The van der Waals surface area contributed by atoms with Crippen molar-refractivity contribution >= 4 is 0 Å². The highest BCUT2D eigenvalue weighted by atomic mass is 16.5. The number of nitrogens with zero attached hydrogens (tertiary/aromatic N) is 2. The molecule has 1 aliphatic carbocycles. The van der Waals surface area contributed by atoms with Gasteiger partial charge in [-0.1, -0.05) is 32.9 Å². The van der Waals surface area contributed by atoms with E-state index in [4.69, 9.17) is 10.3 Å². The van der Waals surface area contributed by atoms with Gasteiger partial charge in [0.05, 0.1) is 0 Å². The molecule has 1 aromatic rings. The van der Waals surface area contributed by atoms with Gasteiger partial charge in [0.2, 0.25) is 5.89 Å². The molecule has 0 amide bonds. The lowest BCUT2D eigenvalue weighted by atomic mass is 9.73. The number of nitrogens with two attached hydrogens (primary N) is 1. The van der Waals surface area contributed by atoms with Crippen molar-refractivity contribution in [2.45, 2.75) is 72.1 Å². The lowest BCUT2D eigenvalue weighted by Crippen LogP contribution is -2.21. The largest absolute Gasteiger partial charge is 0.339 e. The van der Waals surface area contributed by atoms with Gasteiger partial charge in [0.25, 0.3) is 0 Å². The Labute approximate surface area is 128 Å². The number of hydrogen-bond acceptors (Lipinski definition) is 4. The minimum atomic E-state index is 0.448.